The number of methoxy groups -OCH3 is 1. The minimum atomic E-state index is -0.805. The smallest absolute Gasteiger partial charge is 0.327 e. The summed E-state index contributed by atoms with van der Waals surface area (Å²) >= 11 is 6.32. The minimum absolute atomic E-state index is 0.114. The number of allylic oxidation sites excluding steroid dienone is 1. The number of halogens is 1. The number of aliphatic carboxylic acids is 1. The quantitative estimate of drug-likeness (QED) is 0.615. The van der Waals surface area contributed by atoms with Crippen molar-refractivity contribution in [2.24, 2.45) is 5.92 Å². The van der Waals surface area contributed by atoms with Crippen molar-refractivity contribution in [1.82, 2.24) is 4.90 Å². The van der Waals surface area contributed by atoms with Gasteiger partial charge in [0.25, 0.3) is 0 Å². The van der Waals surface area contributed by atoms with E-state index in [9.17, 15) is 9.59 Å². The average Bonchev–Trinajstić information content (AvgIpc) is 2.56. The summed E-state index contributed by atoms with van der Waals surface area (Å²) in [5.41, 5.74) is 1.89. The molecule has 25 heavy (non-hydrogen) atoms. The number of likely N-dealkylation sites (tertiary alicyclic amines) is 1. The van der Waals surface area contributed by atoms with Crippen LogP contribution in [0.25, 0.3) is 0 Å². The van der Waals surface area contributed by atoms with Crippen LogP contribution < -0.4 is 0 Å². The summed E-state index contributed by atoms with van der Waals surface area (Å²) in [6.07, 6.45) is 3.51. The summed E-state index contributed by atoms with van der Waals surface area (Å²) < 4.78 is 5.02. The molecule has 6 heteroatoms. The van der Waals surface area contributed by atoms with Gasteiger partial charge < -0.3 is 9.84 Å². The molecule has 1 aliphatic heterocycles. The Balaban J connectivity index is 2.25. The van der Waals surface area contributed by atoms with Gasteiger partial charge >= 0.3 is 11.9 Å². The molecule has 0 bridgehead atoms. The lowest BCUT2D eigenvalue weighted by Crippen LogP contribution is -2.42. The SMILES string of the molecule is COC(=O)C(c1ccccc1Cl)N1C/C(=C/CCC(=O)O)CC(C)C1. The van der Waals surface area contributed by atoms with Crippen LogP contribution in [0.2, 0.25) is 5.02 Å². The van der Waals surface area contributed by atoms with Gasteiger partial charge in [-0.1, -0.05) is 48.4 Å². The third-order valence-corrected chi connectivity index (χ3v) is 4.69. The van der Waals surface area contributed by atoms with Crippen LogP contribution in [0, 0.1) is 5.92 Å². The molecule has 0 aliphatic carbocycles. The Morgan fingerprint density at radius 3 is 2.80 bits per heavy atom. The Bertz CT molecular complexity index is 659. The topological polar surface area (TPSA) is 66.8 Å². The molecular weight excluding hydrogens is 342 g/mol. The van der Waals surface area contributed by atoms with Gasteiger partial charge in [-0.3, -0.25) is 9.69 Å². The van der Waals surface area contributed by atoms with Crippen LogP contribution >= 0.6 is 11.6 Å². The van der Waals surface area contributed by atoms with Gasteiger partial charge in [0.1, 0.15) is 6.04 Å². The van der Waals surface area contributed by atoms with E-state index >= 15 is 0 Å². The van der Waals surface area contributed by atoms with Gasteiger partial charge in [-0.05, 0) is 30.4 Å². The molecule has 1 saturated heterocycles. The number of nitrogens with zero attached hydrogens (tertiary/aromatic N) is 1. The van der Waals surface area contributed by atoms with Crippen LogP contribution in [0.15, 0.2) is 35.9 Å². The molecule has 0 aromatic heterocycles. The number of piperidine rings is 1. The van der Waals surface area contributed by atoms with Crippen molar-refractivity contribution < 1.29 is 19.4 Å². The number of carboxylic acids is 1. The van der Waals surface area contributed by atoms with E-state index < -0.39 is 12.0 Å². The highest BCUT2D eigenvalue weighted by molar-refractivity contribution is 6.31. The predicted octanol–water partition coefficient (Wildman–Crippen LogP) is 3.69. The number of carbonyl (C=O) groups excluding carboxylic acids is 1. The Kier molecular flexibility index (Phi) is 7.02. The van der Waals surface area contributed by atoms with Gasteiger partial charge in [0.2, 0.25) is 0 Å². The third-order valence-electron chi connectivity index (χ3n) is 4.34. The van der Waals surface area contributed by atoms with Crippen LogP contribution in [0.1, 0.15) is 37.8 Å². The molecule has 136 valence electrons. The maximum Gasteiger partial charge on any atom is 0.327 e. The molecule has 1 aliphatic rings. The average molecular weight is 366 g/mol. The van der Waals surface area contributed by atoms with E-state index in [2.05, 4.69) is 11.8 Å². The number of benzene rings is 1. The van der Waals surface area contributed by atoms with E-state index in [4.69, 9.17) is 21.4 Å². The van der Waals surface area contributed by atoms with E-state index in [1.165, 1.54) is 7.11 Å². The second kappa shape index (κ2) is 9.02. The van der Waals surface area contributed by atoms with E-state index in [0.29, 0.717) is 23.9 Å². The fourth-order valence-electron chi connectivity index (χ4n) is 3.33. The molecule has 1 aromatic rings. The second-order valence-electron chi connectivity index (χ2n) is 6.48. The molecule has 1 N–H and O–H groups in total. The zero-order valence-corrected chi connectivity index (χ0v) is 15.3. The lowest BCUT2D eigenvalue weighted by atomic mass is 9.92. The number of ether oxygens (including phenoxy) is 1. The summed E-state index contributed by atoms with van der Waals surface area (Å²) in [5.74, 6) is -0.785. The van der Waals surface area contributed by atoms with Crippen LogP contribution in [0.4, 0.5) is 0 Å². The molecule has 2 unspecified atom stereocenters. The molecule has 1 heterocycles. The minimum Gasteiger partial charge on any atom is -0.481 e. The third kappa shape index (κ3) is 5.31. The zero-order valence-electron chi connectivity index (χ0n) is 14.6. The van der Waals surface area contributed by atoms with Gasteiger partial charge in [-0.2, -0.15) is 0 Å². The summed E-state index contributed by atoms with van der Waals surface area (Å²) in [4.78, 5) is 25.2. The summed E-state index contributed by atoms with van der Waals surface area (Å²) in [7, 11) is 1.38. The lowest BCUT2D eigenvalue weighted by molar-refractivity contribution is -0.147. The van der Waals surface area contributed by atoms with Gasteiger partial charge in [0.05, 0.1) is 7.11 Å². The van der Waals surface area contributed by atoms with Crippen molar-refractivity contribution >= 4 is 23.5 Å². The second-order valence-corrected chi connectivity index (χ2v) is 6.89. The largest absolute Gasteiger partial charge is 0.481 e. The van der Waals surface area contributed by atoms with E-state index in [-0.39, 0.29) is 12.4 Å². The van der Waals surface area contributed by atoms with Crippen molar-refractivity contribution in [1.29, 1.82) is 0 Å². The van der Waals surface area contributed by atoms with Gasteiger partial charge in [0.15, 0.2) is 0 Å². The fourth-order valence-corrected chi connectivity index (χ4v) is 3.57. The van der Waals surface area contributed by atoms with Crippen molar-refractivity contribution in [3.8, 4) is 0 Å². The van der Waals surface area contributed by atoms with E-state index in [1.807, 2.05) is 24.3 Å². The number of esters is 1. The lowest BCUT2D eigenvalue weighted by Gasteiger charge is -2.37. The van der Waals surface area contributed by atoms with E-state index in [1.54, 1.807) is 6.07 Å². The normalized spacial score (nSPS) is 21.1. The first-order valence-electron chi connectivity index (χ1n) is 8.38. The van der Waals surface area contributed by atoms with Gasteiger partial charge in [0, 0.05) is 24.5 Å². The number of hydrogen-bond donors (Lipinski definition) is 1. The molecule has 0 saturated carbocycles. The molecule has 0 amide bonds. The molecule has 1 fully saturated rings. The van der Waals surface area contributed by atoms with Crippen molar-refractivity contribution in [3.05, 3.63) is 46.5 Å². The molecule has 1 aromatic carbocycles. The Morgan fingerprint density at radius 2 is 2.16 bits per heavy atom. The van der Waals surface area contributed by atoms with Crippen LogP contribution in [0.5, 0.6) is 0 Å². The molecule has 5 nitrogen and oxygen atoms in total. The number of carbonyl (C=O) groups is 2. The highest BCUT2D eigenvalue weighted by Gasteiger charge is 2.33. The first-order chi connectivity index (χ1) is 11.9. The molecule has 0 radical (unpaired) electrons. The van der Waals surface area contributed by atoms with Gasteiger partial charge in [-0.25, -0.2) is 4.79 Å². The monoisotopic (exact) mass is 365 g/mol. The summed E-state index contributed by atoms with van der Waals surface area (Å²) in [5, 5.41) is 9.34. The predicted molar refractivity (Wildman–Crippen MR) is 96.5 cm³/mol. The zero-order chi connectivity index (χ0) is 18.4. The molecular formula is C19H24ClNO4. The Labute approximate surface area is 153 Å². The highest BCUT2D eigenvalue weighted by atomic mass is 35.5. The summed E-state index contributed by atoms with van der Waals surface area (Å²) in [6, 6.07) is 6.73. The highest BCUT2D eigenvalue weighted by Crippen LogP contribution is 2.33. The van der Waals surface area contributed by atoms with Crippen molar-refractivity contribution in [3.63, 3.8) is 0 Å². The van der Waals surface area contributed by atoms with E-state index in [0.717, 1.165) is 24.1 Å². The summed E-state index contributed by atoms with van der Waals surface area (Å²) in [6.45, 7) is 3.48. The Morgan fingerprint density at radius 1 is 1.44 bits per heavy atom. The van der Waals surface area contributed by atoms with Crippen molar-refractivity contribution in [2.75, 3.05) is 20.2 Å². The van der Waals surface area contributed by atoms with Crippen LogP contribution in [-0.4, -0.2) is 42.1 Å². The van der Waals surface area contributed by atoms with Crippen LogP contribution in [-0.2, 0) is 14.3 Å². The fraction of sp³-hybridized carbons (Fsp3) is 0.474. The molecule has 2 atom stereocenters. The first kappa shape index (κ1) is 19.5. The molecule has 0 spiro atoms. The maximum atomic E-state index is 12.5. The van der Waals surface area contributed by atoms with Gasteiger partial charge in [-0.15, -0.1) is 0 Å². The Hall–Kier alpha value is -1.85. The van der Waals surface area contributed by atoms with Crippen LogP contribution in [0.3, 0.4) is 0 Å². The maximum absolute atomic E-state index is 12.5. The number of rotatable bonds is 6. The number of carboxylic acid groups (broad SMARTS) is 1. The van der Waals surface area contributed by atoms with Crippen molar-refractivity contribution in [2.45, 2.75) is 32.2 Å². The standard InChI is InChI=1S/C19H24ClNO4/c1-13-10-14(6-5-9-17(22)23)12-21(11-13)18(19(24)25-2)15-7-3-4-8-16(15)20/h3-4,6-8,13,18H,5,9-12H2,1-2H3,(H,22,23)/b14-6+. The number of hydrogen-bond acceptors (Lipinski definition) is 4. The first-order valence-corrected chi connectivity index (χ1v) is 8.76. The molecule has 2 rings (SSSR count).